The largest absolute Gasteiger partial charge is 0.493 e. The van der Waals surface area contributed by atoms with Crippen LogP contribution in [0.5, 0.6) is 11.5 Å². The molecule has 3 atom stereocenters. The van der Waals surface area contributed by atoms with E-state index >= 15 is 0 Å². The quantitative estimate of drug-likeness (QED) is 0.167. The molecule has 0 spiro atoms. The monoisotopic (exact) mass is 612 g/mol. The third kappa shape index (κ3) is 5.41. The molecule has 0 bridgehead atoms. The highest BCUT2D eigenvalue weighted by Crippen LogP contribution is 2.50. The molecule has 6 rings (SSSR count). The highest BCUT2D eigenvalue weighted by molar-refractivity contribution is 9.10. The van der Waals surface area contributed by atoms with Gasteiger partial charge in [-0.3, -0.25) is 4.99 Å². The highest BCUT2D eigenvalue weighted by Gasteiger charge is 2.37. The number of aliphatic imine (C=N–C) groups is 1. The second-order valence-corrected chi connectivity index (χ2v) is 11.6. The van der Waals surface area contributed by atoms with Crippen molar-refractivity contribution in [1.82, 2.24) is 0 Å². The Balaban J connectivity index is 1.17. The van der Waals surface area contributed by atoms with Crippen LogP contribution in [0.3, 0.4) is 0 Å². The summed E-state index contributed by atoms with van der Waals surface area (Å²) in [5, 5.41) is 4.49. The number of fused-ring (bicyclic) bond motifs is 3. The van der Waals surface area contributed by atoms with Crippen LogP contribution in [-0.4, -0.2) is 13.3 Å². The van der Waals surface area contributed by atoms with Crippen molar-refractivity contribution < 1.29 is 9.47 Å². The van der Waals surface area contributed by atoms with E-state index in [2.05, 4.69) is 82.8 Å². The Morgan fingerprint density at radius 1 is 1.05 bits per heavy atom. The number of hydrogen-bond acceptors (Lipinski definition) is 4. The van der Waals surface area contributed by atoms with Crippen molar-refractivity contribution in [3.05, 3.63) is 128 Å². The predicted molar refractivity (Wildman–Crippen MR) is 168 cm³/mol. The Morgan fingerprint density at radius 2 is 1.88 bits per heavy atom. The molecule has 0 amide bonds. The number of hydrogen-bond donors (Lipinski definition) is 1. The van der Waals surface area contributed by atoms with Crippen molar-refractivity contribution in [2.75, 3.05) is 12.4 Å². The highest BCUT2D eigenvalue weighted by atomic mass is 79.9. The second-order valence-electron chi connectivity index (χ2n) is 10.3. The first-order valence-corrected chi connectivity index (χ1v) is 14.6. The van der Waals surface area contributed by atoms with Gasteiger partial charge in [-0.2, -0.15) is 0 Å². The molecular weight excluding hydrogens is 584 g/mol. The van der Waals surface area contributed by atoms with E-state index in [0.29, 0.717) is 35.0 Å². The molecule has 4 aromatic carbocycles. The van der Waals surface area contributed by atoms with Crippen LogP contribution in [0.1, 0.15) is 46.2 Å². The first-order valence-electron chi connectivity index (χ1n) is 13.4. The van der Waals surface area contributed by atoms with Crippen molar-refractivity contribution >= 4 is 45.1 Å². The minimum absolute atomic E-state index is 0.270. The molecule has 4 aromatic rings. The molecule has 202 valence electrons. The van der Waals surface area contributed by atoms with Crippen LogP contribution in [0, 0.1) is 12.8 Å². The van der Waals surface area contributed by atoms with E-state index in [1.807, 2.05) is 42.6 Å². The van der Waals surface area contributed by atoms with Crippen molar-refractivity contribution in [2.45, 2.75) is 31.9 Å². The summed E-state index contributed by atoms with van der Waals surface area (Å²) >= 11 is 9.92. The van der Waals surface area contributed by atoms with Gasteiger partial charge in [0, 0.05) is 28.4 Å². The molecule has 0 saturated carbocycles. The average molecular weight is 614 g/mol. The van der Waals surface area contributed by atoms with E-state index in [0.717, 1.165) is 27.7 Å². The number of rotatable bonds is 7. The average Bonchev–Trinajstić information content (AvgIpc) is 3.47. The van der Waals surface area contributed by atoms with Gasteiger partial charge in [-0.05, 0) is 88.3 Å². The van der Waals surface area contributed by atoms with Gasteiger partial charge in [-0.1, -0.05) is 71.8 Å². The van der Waals surface area contributed by atoms with Crippen LogP contribution in [0.15, 0.2) is 100 Å². The summed E-state index contributed by atoms with van der Waals surface area (Å²) < 4.78 is 12.5. The molecule has 1 aliphatic heterocycles. The third-order valence-electron chi connectivity index (χ3n) is 7.71. The first kappa shape index (κ1) is 26.7. The molecule has 0 radical (unpaired) electrons. The fraction of sp³-hybridized carbons (Fsp3) is 0.206. The number of allylic oxidation sites excluding steroid dienone is 2. The Hall–Kier alpha value is -3.54. The van der Waals surface area contributed by atoms with Gasteiger partial charge in [0.15, 0.2) is 11.5 Å². The number of halogens is 2. The molecule has 40 heavy (non-hydrogen) atoms. The molecule has 1 heterocycles. The van der Waals surface area contributed by atoms with Gasteiger partial charge >= 0.3 is 0 Å². The minimum atomic E-state index is 0.270. The van der Waals surface area contributed by atoms with Gasteiger partial charge in [-0.25, -0.2) is 0 Å². The van der Waals surface area contributed by atoms with E-state index in [4.69, 9.17) is 26.1 Å². The molecule has 2 aliphatic rings. The van der Waals surface area contributed by atoms with Crippen molar-refractivity contribution in [1.29, 1.82) is 0 Å². The maximum Gasteiger partial charge on any atom is 0.175 e. The van der Waals surface area contributed by atoms with Gasteiger partial charge in [0.25, 0.3) is 0 Å². The molecule has 6 heteroatoms. The van der Waals surface area contributed by atoms with Crippen LogP contribution >= 0.6 is 27.5 Å². The van der Waals surface area contributed by atoms with Crippen LogP contribution in [0.4, 0.5) is 11.4 Å². The minimum Gasteiger partial charge on any atom is -0.493 e. The lowest BCUT2D eigenvalue weighted by Gasteiger charge is -2.37. The Labute approximate surface area is 248 Å². The van der Waals surface area contributed by atoms with E-state index in [1.54, 1.807) is 7.11 Å². The topological polar surface area (TPSA) is 42.8 Å². The lowest BCUT2D eigenvalue weighted by atomic mass is 9.76. The lowest BCUT2D eigenvalue weighted by molar-refractivity contribution is 0.282. The number of aryl methyl sites for hydroxylation is 1. The normalized spacial score (nSPS) is 19.2. The van der Waals surface area contributed by atoms with E-state index in [1.165, 1.54) is 22.4 Å². The smallest absolute Gasteiger partial charge is 0.175 e. The molecule has 0 fully saturated rings. The van der Waals surface area contributed by atoms with Gasteiger partial charge < -0.3 is 14.8 Å². The zero-order chi connectivity index (χ0) is 27.6. The molecule has 0 saturated heterocycles. The molecule has 1 N–H and O–H groups in total. The Morgan fingerprint density at radius 3 is 2.67 bits per heavy atom. The first-order chi connectivity index (χ1) is 19.5. The summed E-state index contributed by atoms with van der Waals surface area (Å²) in [5.41, 5.74) is 7.96. The number of methoxy groups -OCH3 is 1. The maximum atomic E-state index is 6.28. The third-order valence-corrected chi connectivity index (χ3v) is 8.67. The molecule has 0 aromatic heterocycles. The maximum absolute atomic E-state index is 6.28. The van der Waals surface area contributed by atoms with Crippen LogP contribution in [-0.2, 0) is 6.61 Å². The number of anilines is 1. The molecule has 0 unspecified atom stereocenters. The Bertz CT molecular complexity index is 1600. The predicted octanol–water partition coefficient (Wildman–Crippen LogP) is 9.58. The number of benzene rings is 4. The zero-order valence-electron chi connectivity index (χ0n) is 22.4. The lowest BCUT2D eigenvalue weighted by Crippen LogP contribution is -2.29. The van der Waals surface area contributed by atoms with Crippen molar-refractivity contribution in [3.8, 4) is 11.5 Å². The number of nitrogens with zero attached hydrogens (tertiary/aromatic N) is 1. The van der Waals surface area contributed by atoms with E-state index in [9.17, 15) is 0 Å². The van der Waals surface area contributed by atoms with E-state index < -0.39 is 0 Å². The van der Waals surface area contributed by atoms with E-state index in [-0.39, 0.29) is 6.04 Å². The number of nitrogens with one attached hydrogen (secondary N) is 1. The number of ether oxygens (including phenoxy) is 2. The van der Waals surface area contributed by atoms with Crippen molar-refractivity contribution in [3.63, 3.8) is 0 Å². The molecular formula is C34H30BrClN2O2. The summed E-state index contributed by atoms with van der Waals surface area (Å²) in [6.07, 6.45) is 7.65. The van der Waals surface area contributed by atoms with Crippen LogP contribution in [0.2, 0.25) is 5.02 Å². The van der Waals surface area contributed by atoms with Gasteiger partial charge in [0.05, 0.1) is 23.3 Å². The summed E-state index contributed by atoms with van der Waals surface area (Å²) in [4.78, 5) is 4.73. The van der Waals surface area contributed by atoms with Gasteiger partial charge in [0.1, 0.15) is 6.61 Å². The van der Waals surface area contributed by atoms with Crippen LogP contribution < -0.4 is 14.8 Å². The zero-order valence-corrected chi connectivity index (χ0v) is 24.7. The summed E-state index contributed by atoms with van der Waals surface area (Å²) in [7, 11) is 1.63. The van der Waals surface area contributed by atoms with Gasteiger partial charge in [-0.15, -0.1) is 0 Å². The summed E-state index contributed by atoms with van der Waals surface area (Å²) in [5.74, 6) is 2.23. The summed E-state index contributed by atoms with van der Waals surface area (Å²) in [6.45, 7) is 2.51. The molecule has 1 aliphatic carbocycles. The fourth-order valence-electron chi connectivity index (χ4n) is 5.68. The molecule has 4 nitrogen and oxygen atoms in total. The van der Waals surface area contributed by atoms with Gasteiger partial charge in [0.2, 0.25) is 0 Å². The van der Waals surface area contributed by atoms with Crippen LogP contribution in [0.25, 0.3) is 0 Å². The standard InChI is InChI=1S/C34H30BrClN2O2/c1-21-10-15-31-28(16-21)26-7-5-8-27(26)33(38-31)23-11-13-25(14-12-23)37-19-22-17-29(35)34(32(18-22)39-2)40-20-24-6-3-4-9-30(24)36/h3-7,9-19,26-27,33,38H,8,20H2,1-2H3/t26-,27-,33+/m1/s1. The summed E-state index contributed by atoms with van der Waals surface area (Å²) in [6, 6.07) is 27.1. The Kier molecular flexibility index (Phi) is 7.68. The fourth-order valence-corrected chi connectivity index (χ4v) is 6.44. The second kappa shape index (κ2) is 11.5. The SMILES string of the molecule is COc1cc(C=Nc2ccc([C@@H]3Nc4ccc(C)cc4[C@@H]4C=CC[C@H]43)cc2)cc(Br)c1OCc1ccccc1Cl. The van der Waals surface area contributed by atoms with Crippen molar-refractivity contribution in [2.24, 2.45) is 10.9 Å².